The van der Waals surface area contributed by atoms with Crippen molar-refractivity contribution < 1.29 is 28.3 Å². The van der Waals surface area contributed by atoms with Crippen LogP contribution in [0.1, 0.15) is 12.3 Å². The smallest absolute Gasteiger partial charge is 0.306 e. The van der Waals surface area contributed by atoms with E-state index in [-0.39, 0.29) is 25.3 Å². The number of amides is 1. The lowest BCUT2D eigenvalue weighted by Crippen LogP contribution is -2.21. The Morgan fingerprint density at radius 3 is 2.53 bits per heavy atom. The SMILES string of the molecule is COc1ccc(-c2noc(CCC(=O)OCC(=O)Nc3ccccc3)n2)cc1OC. The second-order valence-corrected chi connectivity index (χ2v) is 6.16. The molecule has 0 unspecified atom stereocenters. The Balaban J connectivity index is 1.48. The number of carbonyl (C=O) groups excluding carboxylic acids is 2. The van der Waals surface area contributed by atoms with E-state index in [4.69, 9.17) is 18.7 Å². The van der Waals surface area contributed by atoms with Gasteiger partial charge in [0.1, 0.15) is 0 Å². The molecule has 0 aliphatic rings. The first-order valence-electron chi connectivity index (χ1n) is 9.14. The Hall–Kier alpha value is -3.88. The van der Waals surface area contributed by atoms with E-state index >= 15 is 0 Å². The van der Waals surface area contributed by atoms with Gasteiger partial charge in [-0.25, -0.2) is 0 Å². The molecule has 0 fully saturated rings. The highest BCUT2D eigenvalue weighted by Crippen LogP contribution is 2.31. The van der Waals surface area contributed by atoms with Crippen molar-refractivity contribution in [1.29, 1.82) is 0 Å². The number of aromatic nitrogens is 2. The number of methoxy groups -OCH3 is 2. The van der Waals surface area contributed by atoms with Crippen LogP contribution in [0.3, 0.4) is 0 Å². The van der Waals surface area contributed by atoms with Crippen LogP contribution in [0, 0.1) is 0 Å². The van der Waals surface area contributed by atoms with E-state index in [9.17, 15) is 9.59 Å². The third-order valence-corrected chi connectivity index (χ3v) is 4.07. The molecular weight excluding hydrogens is 390 g/mol. The maximum atomic E-state index is 11.9. The van der Waals surface area contributed by atoms with Crippen molar-refractivity contribution in [1.82, 2.24) is 10.1 Å². The fourth-order valence-electron chi connectivity index (χ4n) is 2.59. The minimum atomic E-state index is -0.538. The Morgan fingerprint density at radius 2 is 1.80 bits per heavy atom. The summed E-state index contributed by atoms with van der Waals surface area (Å²) in [5.41, 5.74) is 1.31. The average molecular weight is 411 g/mol. The van der Waals surface area contributed by atoms with Crippen molar-refractivity contribution in [3.8, 4) is 22.9 Å². The van der Waals surface area contributed by atoms with Crippen molar-refractivity contribution in [2.24, 2.45) is 0 Å². The summed E-state index contributed by atoms with van der Waals surface area (Å²) in [7, 11) is 3.09. The largest absolute Gasteiger partial charge is 0.493 e. The molecule has 30 heavy (non-hydrogen) atoms. The van der Waals surface area contributed by atoms with E-state index in [1.807, 2.05) is 6.07 Å². The van der Waals surface area contributed by atoms with Gasteiger partial charge in [0.05, 0.1) is 20.6 Å². The molecule has 2 aromatic carbocycles. The summed E-state index contributed by atoms with van der Waals surface area (Å²) in [6.07, 6.45) is 0.200. The molecule has 0 saturated heterocycles. The summed E-state index contributed by atoms with van der Waals surface area (Å²) in [5.74, 6) is 0.821. The van der Waals surface area contributed by atoms with Gasteiger partial charge in [0.15, 0.2) is 18.1 Å². The Labute approximate surface area is 172 Å². The number of rotatable bonds is 9. The lowest BCUT2D eigenvalue weighted by molar-refractivity contribution is -0.147. The number of benzene rings is 2. The van der Waals surface area contributed by atoms with Gasteiger partial charge < -0.3 is 24.1 Å². The molecule has 0 radical (unpaired) electrons. The number of esters is 1. The van der Waals surface area contributed by atoms with Gasteiger partial charge >= 0.3 is 5.97 Å². The van der Waals surface area contributed by atoms with Crippen LogP contribution in [0.4, 0.5) is 5.69 Å². The zero-order chi connectivity index (χ0) is 21.3. The Kier molecular flexibility index (Phi) is 6.99. The van der Waals surface area contributed by atoms with Gasteiger partial charge in [-0.2, -0.15) is 4.98 Å². The Morgan fingerprint density at radius 1 is 1.03 bits per heavy atom. The lowest BCUT2D eigenvalue weighted by Gasteiger charge is -2.07. The molecule has 0 saturated carbocycles. The minimum Gasteiger partial charge on any atom is -0.493 e. The fourth-order valence-corrected chi connectivity index (χ4v) is 2.59. The zero-order valence-corrected chi connectivity index (χ0v) is 16.6. The number of anilines is 1. The number of carbonyl (C=O) groups is 2. The molecule has 1 aromatic heterocycles. The quantitative estimate of drug-likeness (QED) is 0.535. The van der Waals surface area contributed by atoms with E-state index in [0.717, 1.165) is 0 Å². The molecular formula is C21H21N3O6. The van der Waals surface area contributed by atoms with Gasteiger partial charge in [-0.05, 0) is 30.3 Å². The van der Waals surface area contributed by atoms with Gasteiger partial charge in [-0.15, -0.1) is 0 Å². The summed E-state index contributed by atoms with van der Waals surface area (Å²) in [5, 5.41) is 6.55. The van der Waals surface area contributed by atoms with Gasteiger partial charge in [-0.3, -0.25) is 9.59 Å². The predicted octanol–water partition coefficient (Wildman–Crippen LogP) is 2.87. The maximum absolute atomic E-state index is 11.9. The van der Waals surface area contributed by atoms with Crippen molar-refractivity contribution in [3.05, 3.63) is 54.4 Å². The molecule has 9 nitrogen and oxygen atoms in total. The number of nitrogens with zero attached hydrogens (tertiary/aromatic N) is 2. The van der Waals surface area contributed by atoms with Crippen LogP contribution in [-0.2, 0) is 20.7 Å². The van der Waals surface area contributed by atoms with E-state index in [2.05, 4.69) is 15.5 Å². The van der Waals surface area contributed by atoms with Crippen molar-refractivity contribution >= 4 is 17.6 Å². The summed E-state index contributed by atoms with van der Waals surface area (Å²) >= 11 is 0. The van der Waals surface area contributed by atoms with Crippen LogP contribution in [0.15, 0.2) is 53.1 Å². The molecule has 0 bridgehead atoms. The van der Waals surface area contributed by atoms with Crippen LogP contribution in [0.5, 0.6) is 11.5 Å². The number of ether oxygens (including phenoxy) is 3. The third-order valence-electron chi connectivity index (χ3n) is 4.07. The molecule has 0 spiro atoms. The first kappa shape index (κ1) is 20.8. The van der Waals surface area contributed by atoms with Crippen molar-refractivity contribution in [2.45, 2.75) is 12.8 Å². The van der Waals surface area contributed by atoms with Crippen molar-refractivity contribution in [2.75, 3.05) is 26.1 Å². The molecule has 9 heteroatoms. The van der Waals surface area contributed by atoms with Crippen LogP contribution in [-0.4, -0.2) is 42.8 Å². The van der Waals surface area contributed by atoms with Crippen LogP contribution >= 0.6 is 0 Å². The Bertz CT molecular complexity index is 1000. The number of para-hydroxylation sites is 1. The first-order valence-corrected chi connectivity index (χ1v) is 9.14. The molecule has 0 aliphatic carbocycles. The lowest BCUT2D eigenvalue weighted by atomic mass is 10.2. The maximum Gasteiger partial charge on any atom is 0.306 e. The normalized spacial score (nSPS) is 10.3. The van der Waals surface area contributed by atoms with Gasteiger partial charge in [-0.1, -0.05) is 23.4 Å². The predicted molar refractivity (Wildman–Crippen MR) is 107 cm³/mol. The summed E-state index contributed by atoms with van der Waals surface area (Å²) in [4.78, 5) is 28.0. The molecule has 1 heterocycles. The second kappa shape index (κ2) is 10.1. The third kappa shape index (κ3) is 5.57. The minimum absolute atomic E-state index is 0.00613. The molecule has 3 aromatic rings. The van der Waals surface area contributed by atoms with Crippen molar-refractivity contribution in [3.63, 3.8) is 0 Å². The number of nitrogens with one attached hydrogen (secondary N) is 1. The van der Waals surface area contributed by atoms with E-state index in [0.29, 0.717) is 28.6 Å². The average Bonchev–Trinajstić information content (AvgIpc) is 3.25. The van der Waals surface area contributed by atoms with E-state index in [1.165, 1.54) is 7.11 Å². The highest BCUT2D eigenvalue weighted by atomic mass is 16.5. The highest BCUT2D eigenvalue weighted by Gasteiger charge is 2.14. The summed E-state index contributed by atoms with van der Waals surface area (Å²) in [6.45, 7) is -0.367. The van der Waals surface area contributed by atoms with Gasteiger partial charge in [0.25, 0.3) is 5.91 Å². The molecule has 0 atom stereocenters. The standard InChI is InChI=1S/C21H21N3O6/c1-27-16-9-8-14(12-17(16)28-2)21-23-19(30-24-21)10-11-20(26)29-13-18(25)22-15-6-4-3-5-7-15/h3-9,12H,10-11,13H2,1-2H3,(H,22,25). The van der Waals surface area contributed by atoms with E-state index < -0.39 is 11.9 Å². The van der Waals surface area contributed by atoms with Gasteiger partial charge in [0.2, 0.25) is 11.7 Å². The molecule has 0 aliphatic heterocycles. The molecule has 1 N–H and O–H groups in total. The molecule has 1 amide bonds. The van der Waals surface area contributed by atoms with Crippen LogP contribution in [0.2, 0.25) is 0 Å². The summed E-state index contributed by atoms with van der Waals surface area (Å²) < 4.78 is 20.6. The molecule has 156 valence electrons. The first-order chi connectivity index (χ1) is 14.6. The van der Waals surface area contributed by atoms with E-state index in [1.54, 1.807) is 49.6 Å². The van der Waals surface area contributed by atoms with Crippen LogP contribution in [0.25, 0.3) is 11.4 Å². The van der Waals surface area contributed by atoms with Crippen LogP contribution < -0.4 is 14.8 Å². The number of hydrogen-bond donors (Lipinski definition) is 1. The topological polar surface area (TPSA) is 113 Å². The molecule has 3 rings (SSSR count). The van der Waals surface area contributed by atoms with Gasteiger partial charge in [0, 0.05) is 17.7 Å². The monoisotopic (exact) mass is 411 g/mol. The number of aryl methyl sites for hydroxylation is 1. The second-order valence-electron chi connectivity index (χ2n) is 6.16. The fraction of sp³-hybridized carbons (Fsp3) is 0.238. The highest BCUT2D eigenvalue weighted by molar-refractivity contribution is 5.92. The number of hydrogen-bond acceptors (Lipinski definition) is 8. The zero-order valence-electron chi connectivity index (χ0n) is 16.6. The summed E-state index contributed by atoms with van der Waals surface area (Å²) in [6, 6.07) is 14.1.